The van der Waals surface area contributed by atoms with Crippen molar-refractivity contribution in [2.24, 2.45) is 5.84 Å². The van der Waals surface area contributed by atoms with Gasteiger partial charge >= 0.3 is 0 Å². The Balaban J connectivity index is 2.33. The van der Waals surface area contributed by atoms with Crippen LogP contribution < -0.4 is 11.3 Å². The second-order valence-corrected chi connectivity index (χ2v) is 4.34. The zero-order chi connectivity index (χ0) is 10.7. The van der Waals surface area contributed by atoms with Crippen LogP contribution in [0.5, 0.6) is 0 Å². The highest BCUT2D eigenvalue weighted by Gasteiger charge is 2.14. The molecule has 0 bridgehead atoms. The van der Waals surface area contributed by atoms with E-state index in [1.807, 2.05) is 0 Å². The summed E-state index contributed by atoms with van der Waals surface area (Å²) in [5, 5.41) is 2.08. The minimum Gasteiger partial charge on any atom is -0.271 e. The van der Waals surface area contributed by atoms with Gasteiger partial charge in [0, 0.05) is 17.3 Å². The molecule has 4 nitrogen and oxygen atoms in total. The van der Waals surface area contributed by atoms with E-state index in [1.54, 1.807) is 29.9 Å². The molecule has 0 aliphatic heterocycles. The van der Waals surface area contributed by atoms with Crippen LogP contribution in [0.3, 0.4) is 0 Å². The van der Waals surface area contributed by atoms with Crippen LogP contribution in [-0.4, -0.2) is 9.97 Å². The Morgan fingerprint density at radius 1 is 1.47 bits per heavy atom. The number of hydrogen-bond donors (Lipinski definition) is 2. The Hall–Kier alpha value is -1.30. The molecule has 78 valence electrons. The molecule has 2 heterocycles. The monoisotopic (exact) mass is 220 g/mol. The van der Waals surface area contributed by atoms with Gasteiger partial charge in [0.15, 0.2) is 0 Å². The number of hydrazine groups is 1. The van der Waals surface area contributed by atoms with Crippen LogP contribution in [-0.2, 0) is 0 Å². The molecular formula is C10H12N4S. The zero-order valence-corrected chi connectivity index (χ0v) is 9.16. The highest BCUT2D eigenvalue weighted by atomic mass is 32.1. The first kappa shape index (κ1) is 10.2. The van der Waals surface area contributed by atoms with E-state index in [2.05, 4.69) is 33.8 Å². The van der Waals surface area contributed by atoms with Crippen molar-refractivity contribution in [3.8, 4) is 0 Å². The van der Waals surface area contributed by atoms with Crippen LogP contribution in [0.4, 0.5) is 0 Å². The van der Waals surface area contributed by atoms with E-state index >= 15 is 0 Å². The topological polar surface area (TPSA) is 63.8 Å². The Labute approximate surface area is 92.2 Å². The van der Waals surface area contributed by atoms with Gasteiger partial charge < -0.3 is 0 Å². The van der Waals surface area contributed by atoms with E-state index in [-0.39, 0.29) is 6.04 Å². The van der Waals surface area contributed by atoms with Crippen LogP contribution in [0.1, 0.15) is 22.2 Å². The number of aryl methyl sites for hydroxylation is 1. The molecule has 2 aromatic heterocycles. The number of rotatable bonds is 3. The minimum absolute atomic E-state index is 0.0800. The summed E-state index contributed by atoms with van der Waals surface area (Å²) < 4.78 is 0. The average molecular weight is 220 g/mol. The minimum atomic E-state index is -0.0800. The smallest absolute Gasteiger partial charge is 0.0905 e. The second kappa shape index (κ2) is 4.48. The quantitative estimate of drug-likeness (QED) is 0.606. The van der Waals surface area contributed by atoms with Gasteiger partial charge in [-0.15, -0.1) is 11.3 Å². The Morgan fingerprint density at radius 2 is 2.33 bits per heavy atom. The van der Waals surface area contributed by atoms with Crippen LogP contribution >= 0.6 is 11.3 Å². The molecule has 0 aliphatic carbocycles. The Morgan fingerprint density at radius 3 is 2.87 bits per heavy atom. The first-order valence-electron chi connectivity index (χ1n) is 4.58. The molecular weight excluding hydrogens is 208 g/mol. The second-order valence-electron chi connectivity index (χ2n) is 3.22. The molecule has 2 aromatic rings. The molecule has 0 saturated carbocycles. The fourth-order valence-electron chi connectivity index (χ4n) is 1.43. The molecule has 5 heteroatoms. The van der Waals surface area contributed by atoms with Gasteiger partial charge in [-0.3, -0.25) is 15.8 Å². The summed E-state index contributed by atoms with van der Waals surface area (Å²) in [4.78, 5) is 9.52. The lowest BCUT2D eigenvalue weighted by Crippen LogP contribution is -2.29. The highest BCUT2D eigenvalue weighted by Crippen LogP contribution is 2.23. The molecule has 1 unspecified atom stereocenters. The van der Waals surface area contributed by atoms with Gasteiger partial charge in [-0.25, -0.2) is 5.43 Å². The molecule has 0 radical (unpaired) electrons. The molecule has 0 saturated heterocycles. The molecule has 0 amide bonds. The number of hydrogen-bond acceptors (Lipinski definition) is 5. The van der Waals surface area contributed by atoms with Gasteiger partial charge in [-0.1, -0.05) is 0 Å². The molecule has 15 heavy (non-hydrogen) atoms. The van der Waals surface area contributed by atoms with Crippen LogP contribution in [0, 0.1) is 6.92 Å². The van der Waals surface area contributed by atoms with Gasteiger partial charge in [-0.05, 0) is 23.9 Å². The van der Waals surface area contributed by atoms with Crippen molar-refractivity contribution in [2.45, 2.75) is 13.0 Å². The van der Waals surface area contributed by atoms with E-state index in [4.69, 9.17) is 5.84 Å². The first-order chi connectivity index (χ1) is 7.31. The standard InChI is InChI=1S/C10H12N4S/c1-7-4-8(6-15-7)10(14-11)9-5-12-2-3-13-9/h2-6,10,14H,11H2,1H3. The molecule has 2 rings (SSSR count). The third-order valence-electron chi connectivity index (χ3n) is 2.13. The molecule has 0 spiro atoms. The van der Waals surface area contributed by atoms with Crippen molar-refractivity contribution in [1.29, 1.82) is 0 Å². The van der Waals surface area contributed by atoms with Crippen LogP contribution in [0.2, 0.25) is 0 Å². The van der Waals surface area contributed by atoms with Gasteiger partial charge in [0.05, 0.1) is 17.9 Å². The van der Waals surface area contributed by atoms with Gasteiger partial charge in [-0.2, -0.15) is 0 Å². The molecule has 3 N–H and O–H groups in total. The predicted octanol–water partition coefficient (Wildman–Crippen LogP) is 1.40. The predicted molar refractivity (Wildman–Crippen MR) is 60.3 cm³/mol. The summed E-state index contributed by atoms with van der Waals surface area (Å²) in [7, 11) is 0. The normalized spacial score (nSPS) is 12.7. The molecule has 0 aromatic carbocycles. The maximum absolute atomic E-state index is 5.53. The Kier molecular flexibility index (Phi) is 3.05. The number of nitrogens with zero attached hydrogens (tertiary/aromatic N) is 2. The summed E-state index contributed by atoms with van der Waals surface area (Å²) in [6, 6.07) is 2.02. The fraction of sp³-hybridized carbons (Fsp3) is 0.200. The third-order valence-corrected chi connectivity index (χ3v) is 3.01. The third kappa shape index (κ3) is 2.20. The van der Waals surface area contributed by atoms with Gasteiger partial charge in [0.25, 0.3) is 0 Å². The first-order valence-corrected chi connectivity index (χ1v) is 5.46. The lowest BCUT2D eigenvalue weighted by atomic mass is 10.1. The van der Waals surface area contributed by atoms with E-state index in [1.165, 1.54) is 4.88 Å². The Bertz CT molecular complexity index is 426. The summed E-state index contributed by atoms with van der Waals surface area (Å²) in [5.74, 6) is 5.53. The van der Waals surface area contributed by atoms with E-state index in [0.717, 1.165) is 11.3 Å². The maximum atomic E-state index is 5.53. The number of nitrogens with one attached hydrogen (secondary N) is 1. The van der Waals surface area contributed by atoms with Crippen molar-refractivity contribution < 1.29 is 0 Å². The summed E-state index contributed by atoms with van der Waals surface area (Å²) in [6.07, 6.45) is 5.03. The van der Waals surface area contributed by atoms with Gasteiger partial charge in [0.2, 0.25) is 0 Å². The lowest BCUT2D eigenvalue weighted by molar-refractivity contribution is 0.619. The highest BCUT2D eigenvalue weighted by molar-refractivity contribution is 7.10. The molecule has 0 fully saturated rings. The van der Waals surface area contributed by atoms with E-state index in [0.29, 0.717) is 0 Å². The van der Waals surface area contributed by atoms with Crippen molar-refractivity contribution in [3.05, 3.63) is 46.2 Å². The van der Waals surface area contributed by atoms with Crippen molar-refractivity contribution in [1.82, 2.24) is 15.4 Å². The van der Waals surface area contributed by atoms with Gasteiger partial charge in [0.1, 0.15) is 0 Å². The van der Waals surface area contributed by atoms with Crippen molar-refractivity contribution in [2.75, 3.05) is 0 Å². The molecule has 1 atom stereocenters. The van der Waals surface area contributed by atoms with E-state index < -0.39 is 0 Å². The number of nitrogens with two attached hydrogens (primary N) is 1. The summed E-state index contributed by atoms with van der Waals surface area (Å²) in [5.41, 5.74) is 4.71. The fourth-order valence-corrected chi connectivity index (χ4v) is 2.16. The average Bonchev–Trinajstić information content (AvgIpc) is 2.68. The maximum Gasteiger partial charge on any atom is 0.0905 e. The number of aromatic nitrogens is 2. The lowest BCUT2D eigenvalue weighted by Gasteiger charge is -2.12. The molecule has 0 aliphatic rings. The zero-order valence-electron chi connectivity index (χ0n) is 8.34. The van der Waals surface area contributed by atoms with Crippen LogP contribution in [0.25, 0.3) is 0 Å². The van der Waals surface area contributed by atoms with E-state index in [9.17, 15) is 0 Å². The largest absolute Gasteiger partial charge is 0.271 e. The van der Waals surface area contributed by atoms with Crippen LogP contribution in [0.15, 0.2) is 30.0 Å². The van der Waals surface area contributed by atoms with Crippen molar-refractivity contribution in [3.63, 3.8) is 0 Å². The number of thiophene rings is 1. The SMILES string of the molecule is Cc1cc(C(NN)c2cnccn2)cs1. The van der Waals surface area contributed by atoms with Crippen molar-refractivity contribution >= 4 is 11.3 Å². The summed E-state index contributed by atoms with van der Waals surface area (Å²) >= 11 is 1.70. The summed E-state index contributed by atoms with van der Waals surface area (Å²) in [6.45, 7) is 2.07.